The van der Waals surface area contributed by atoms with Crippen molar-refractivity contribution in [2.24, 2.45) is 0 Å². The van der Waals surface area contributed by atoms with E-state index in [4.69, 9.17) is 4.74 Å². The minimum atomic E-state index is -1.00. The van der Waals surface area contributed by atoms with Gasteiger partial charge in [0.2, 0.25) is 0 Å². The van der Waals surface area contributed by atoms with Gasteiger partial charge in [0.1, 0.15) is 5.75 Å². The van der Waals surface area contributed by atoms with E-state index in [0.717, 1.165) is 5.69 Å². The Hall–Kier alpha value is -1.79. The Labute approximate surface area is 117 Å². The smallest absolute Gasteiger partial charge is 0.263 e. The molecule has 1 aliphatic heterocycles. The van der Waals surface area contributed by atoms with Crippen LogP contribution in [0.2, 0.25) is 0 Å². The highest BCUT2D eigenvalue weighted by Gasteiger charge is 2.33. The van der Waals surface area contributed by atoms with E-state index in [1.807, 2.05) is 18.2 Å². The molecule has 4 N–H and O–H groups in total. The van der Waals surface area contributed by atoms with Gasteiger partial charge in [0, 0.05) is 0 Å². The molecule has 6 nitrogen and oxygen atoms in total. The maximum Gasteiger partial charge on any atom is 0.263 e. The van der Waals surface area contributed by atoms with Gasteiger partial charge in [-0.05, 0) is 18.6 Å². The molecule has 1 amide bonds. The van der Waals surface area contributed by atoms with Crippen LogP contribution in [-0.2, 0) is 4.79 Å². The van der Waals surface area contributed by atoms with Crippen LogP contribution in [0.3, 0.4) is 0 Å². The average molecular weight is 280 g/mol. The van der Waals surface area contributed by atoms with Crippen LogP contribution in [0.25, 0.3) is 0 Å². The van der Waals surface area contributed by atoms with E-state index in [1.54, 1.807) is 13.0 Å². The van der Waals surface area contributed by atoms with Gasteiger partial charge in [-0.3, -0.25) is 4.79 Å². The van der Waals surface area contributed by atoms with Crippen molar-refractivity contribution < 1.29 is 19.7 Å². The Balaban J connectivity index is 2.05. The van der Waals surface area contributed by atoms with Gasteiger partial charge < -0.3 is 25.6 Å². The molecule has 2 rings (SSSR count). The van der Waals surface area contributed by atoms with E-state index >= 15 is 0 Å². The van der Waals surface area contributed by atoms with E-state index in [9.17, 15) is 15.0 Å². The molecule has 0 bridgehead atoms. The number of rotatable bonds is 5. The Morgan fingerprint density at radius 1 is 1.45 bits per heavy atom. The molecular weight excluding hydrogens is 260 g/mol. The number of aliphatic hydroxyl groups is 2. The van der Waals surface area contributed by atoms with Crippen LogP contribution in [0.15, 0.2) is 24.3 Å². The van der Waals surface area contributed by atoms with Crippen molar-refractivity contribution in [1.82, 2.24) is 5.32 Å². The van der Waals surface area contributed by atoms with E-state index < -0.39 is 11.6 Å². The molecule has 0 saturated carbocycles. The lowest BCUT2D eigenvalue weighted by Crippen LogP contribution is -2.58. The minimum Gasteiger partial charge on any atom is -0.477 e. The Bertz CT molecular complexity index is 466. The fourth-order valence-electron chi connectivity index (χ4n) is 2.04. The van der Waals surface area contributed by atoms with Gasteiger partial charge >= 0.3 is 0 Å². The largest absolute Gasteiger partial charge is 0.477 e. The Morgan fingerprint density at radius 3 is 2.80 bits per heavy atom. The zero-order valence-corrected chi connectivity index (χ0v) is 11.4. The van der Waals surface area contributed by atoms with Gasteiger partial charge in [-0.25, -0.2) is 0 Å². The lowest BCUT2D eigenvalue weighted by atomic mass is 9.98. The first-order chi connectivity index (χ1) is 9.64. The summed E-state index contributed by atoms with van der Waals surface area (Å²) >= 11 is 0. The highest BCUT2D eigenvalue weighted by atomic mass is 16.5. The summed E-state index contributed by atoms with van der Waals surface area (Å²) in [5.74, 6) is 0.269. The third kappa shape index (κ3) is 2.86. The number of nitrogens with one attached hydrogen (secondary N) is 2. The SMILES string of the molecule is CCC(CO)(CO)NC(=O)C1CNc2ccccc2O1. The summed E-state index contributed by atoms with van der Waals surface area (Å²) in [6.07, 6.45) is -0.253. The van der Waals surface area contributed by atoms with Crippen LogP contribution < -0.4 is 15.4 Å². The van der Waals surface area contributed by atoms with Gasteiger partial charge in [0.25, 0.3) is 5.91 Å². The topological polar surface area (TPSA) is 90.8 Å². The standard InChI is InChI=1S/C14H20N2O4/c1-2-14(8-17,9-18)16-13(19)12-7-15-10-5-3-4-6-11(10)20-12/h3-6,12,15,17-18H,2,7-9H2,1H3,(H,16,19). The second kappa shape index (κ2) is 6.11. The first kappa shape index (κ1) is 14.6. The Morgan fingerprint density at radius 2 is 2.15 bits per heavy atom. The van der Waals surface area contributed by atoms with Crippen molar-refractivity contribution in [3.8, 4) is 5.75 Å². The molecule has 110 valence electrons. The number of carbonyl (C=O) groups excluding carboxylic acids is 1. The van der Waals surface area contributed by atoms with Crippen molar-refractivity contribution in [2.75, 3.05) is 25.1 Å². The summed E-state index contributed by atoms with van der Waals surface area (Å²) in [5, 5.41) is 24.5. The summed E-state index contributed by atoms with van der Waals surface area (Å²) in [4.78, 5) is 12.2. The normalized spacial score (nSPS) is 17.6. The molecule has 6 heteroatoms. The van der Waals surface area contributed by atoms with Crippen LogP contribution in [0, 0.1) is 0 Å². The van der Waals surface area contributed by atoms with Crippen molar-refractivity contribution >= 4 is 11.6 Å². The van der Waals surface area contributed by atoms with E-state index in [2.05, 4.69) is 10.6 Å². The van der Waals surface area contributed by atoms with E-state index in [1.165, 1.54) is 0 Å². The fourth-order valence-corrected chi connectivity index (χ4v) is 2.04. The summed E-state index contributed by atoms with van der Waals surface area (Å²) in [6.45, 7) is 1.51. The predicted molar refractivity (Wildman–Crippen MR) is 74.7 cm³/mol. The van der Waals surface area contributed by atoms with Crippen molar-refractivity contribution in [3.05, 3.63) is 24.3 Å². The lowest BCUT2D eigenvalue weighted by Gasteiger charge is -2.33. The maximum absolute atomic E-state index is 12.2. The zero-order valence-electron chi connectivity index (χ0n) is 11.4. The van der Waals surface area contributed by atoms with Crippen LogP contribution in [0.4, 0.5) is 5.69 Å². The molecule has 0 saturated heterocycles. The number of fused-ring (bicyclic) bond motifs is 1. The number of para-hydroxylation sites is 2. The number of anilines is 1. The van der Waals surface area contributed by atoms with Gasteiger partial charge in [0.15, 0.2) is 6.10 Å². The number of carbonyl (C=O) groups is 1. The summed E-state index contributed by atoms with van der Waals surface area (Å²) in [7, 11) is 0. The second-order valence-corrected chi connectivity index (χ2v) is 4.92. The molecule has 1 aliphatic rings. The number of amides is 1. The molecule has 0 aliphatic carbocycles. The van der Waals surface area contributed by atoms with Gasteiger partial charge in [-0.2, -0.15) is 0 Å². The third-order valence-corrected chi connectivity index (χ3v) is 3.60. The molecule has 1 heterocycles. The molecule has 1 atom stereocenters. The number of benzene rings is 1. The molecule has 1 unspecified atom stereocenters. The quantitative estimate of drug-likeness (QED) is 0.614. The number of hydrogen-bond donors (Lipinski definition) is 4. The maximum atomic E-state index is 12.2. The summed E-state index contributed by atoms with van der Waals surface area (Å²) in [6, 6.07) is 7.38. The summed E-state index contributed by atoms with van der Waals surface area (Å²) in [5.41, 5.74) is -0.153. The molecule has 20 heavy (non-hydrogen) atoms. The molecule has 1 aromatic rings. The minimum absolute atomic E-state index is 0.317. The van der Waals surface area contributed by atoms with Gasteiger partial charge in [-0.15, -0.1) is 0 Å². The molecule has 0 spiro atoms. The average Bonchev–Trinajstić information content (AvgIpc) is 2.52. The zero-order chi connectivity index (χ0) is 14.6. The third-order valence-electron chi connectivity index (χ3n) is 3.60. The monoisotopic (exact) mass is 280 g/mol. The molecule has 0 radical (unpaired) electrons. The van der Waals surface area contributed by atoms with Gasteiger partial charge in [-0.1, -0.05) is 19.1 Å². The van der Waals surface area contributed by atoms with Crippen LogP contribution in [0.5, 0.6) is 5.75 Å². The van der Waals surface area contributed by atoms with Crippen molar-refractivity contribution in [1.29, 1.82) is 0 Å². The first-order valence-electron chi connectivity index (χ1n) is 6.67. The summed E-state index contributed by atoms with van der Waals surface area (Å²) < 4.78 is 5.64. The number of aliphatic hydroxyl groups excluding tert-OH is 2. The van der Waals surface area contributed by atoms with E-state index in [-0.39, 0.29) is 19.1 Å². The van der Waals surface area contributed by atoms with Gasteiger partial charge in [0.05, 0.1) is 31.0 Å². The number of hydrogen-bond acceptors (Lipinski definition) is 5. The number of ether oxygens (including phenoxy) is 1. The van der Waals surface area contributed by atoms with Crippen LogP contribution in [-0.4, -0.2) is 47.5 Å². The van der Waals surface area contributed by atoms with Crippen molar-refractivity contribution in [2.45, 2.75) is 25.0 Å². The molecule has 1 aromatic carbocycles. The van der Waals surface area contributed by atoms with Crippen LogP contribution >= 0.6 is 0 Å². The highest BCUT2D eigenvalue weighted by molar-refractivity contribution is 5.83. The molecular formula is C14H20N2O4. The van der Waals surface area contributed by atoms with Crippen molar-refractivity contribution in [3.63, 3.8) is 0 Å². The Kier molecular flexibility index (Phi) is 4.46. The molecule has 0 fully saturated rings. The predicted octanol–water partition coefficient (Wildman–Crippen LogP) is 0.109. The van der Waals surface area contributed by atoms with E-state index in [0.29, 0.717) is 18.7 Å². The highest BCUT2D eigenvalue weighted by Crippen LogP contribution is 2.28. The fraction of sp³-hybridized carbons (Fsp3) is 0.500. The second-order valence-electron chi connectivity index (χ2n) is 4.92. The van der Waals surface area contributed by atoms with Crippen LogP contribution in [0.1, 0.15) is 13.3 Å². The molecule has 0 aromatic heterocycles. The first-order valence-corrected chi connectivity index (χ1v) is 6.67. The lowest BCUT2D eigenvalue weighted by molar-refractivity contribution is -0.131.